The second kappa shape index (κ2) is 9.00. The van der Waals surface area contributed by atoms with Crippen molar-refractivity contribution in [3.63, 3.8) is 0 Å². The molecule has 0 atom stereocenters. The Kier molecular flexibility index (Phi) is 5.53. The van der Waals surface area contributed by atoms with E-state index in [-0.39, 0.29) is 11.0 Å². The van der Waals surface area contributed by atoms with Crippen molar-refractivity contribution < 1.29 is 14.4 Å². The van der Waals surface area contributed by atoms with E-state index in [1.807, 2.05) is 108 Å². The van der Waals surface area contributed by atoms with Gasteiger partial charge in [0.1, 0.15) is 5.82 Å². The van der Waals surface area contributed by atoms with Gasteiger partial charge in [-0.15, -0.1) is 0 Å². The maximum absolute atomic E-state index is 16.2. The highest BCUT2D eigenvalue weighted by Gasteiger charge is 2.27. The molecule has 0 unspecified atom stereocenters. The molecular weight excluding hydrogens is 450 g/mol. The number of benzene rings is 5. The third-order valence-corrected chi connectivity index (χ3v) is 6.51. The lowest BCUT2D eigenvalue weighted by atomic mass is 9.76. The first-order chi connectivity index (χ1) is 17.6. The number of anilines is 2. The van der Waals surface area contributed by atoms with Gasteiger partial charge in [0.05, 0.1) is 11.0 Å². The Labute approximate surface area is 208 Å². The molecule has 0 saturated heterocycles. The van der Waals surface area contributed by atoms with Crippen LogP contribution in [0.4, 0.5) is 15.8 Å². The molecule has 0 aliphatic rings. The Morgan fingerprint density at radius 3 is 1.86 bits per heavy atom. The Bertz CT molecular complexity index is 1660. The minimum absolute atomic E-state index is 0.173. The number of hydrogen-bond donors (Lipinski definition) is 3. The van der Waals surface area contributed by atoms with Gasteiger partial charge in [-0.3, -0.25) is 0 Å². The number of fused-ring (bicyclic) bond motifs is 3. The van der Waals surface area contributed by atoms with Gasteiger partial charge in [0.25, 0.3) is 0 Å². The van der Waals surface area contributed by atoms with E-state index in [4.69, 9.17) is 0 Å². The second-order valence-electron chi connectivity index (χ2n) is 8.64. The number of hydrogen-bond acceptors (Lipinski definition) is 3. The lowest BCUT2D eigenvalue weighted by Crippen LogP contribution is -2.36. The van der Waals surface area contributed by atoms with Crippen LogP contribution in [0.3, 0.4) is 0 Å². The summed E-state index contributed by atoms with van der Waals surface area (Å²) in [6.07, 6.45) is 0. The number of halogens is 1. The molecule has 0 radical (unpaired) electrons. The third kappa shape index (κ3) is 3.64. The smallest absolute Gasteiger partial charge is 0.423 e. The predicted octanol–water partition coefficient (Wildman–Crippen LogP) is 6.01. The molecule has 0 saturated carbocycles. The largest absolute Gasteiger partial charge is 0.493 e. The summed E-state index contributed by atoms with van der Waals surface area (Å²) in [5.41, 5.74) is 4.42. The standard InChI is InChI=1S/C30H22BFN2O2/c32-30-24(21-12-4-7-15-25(21)33-20-10-2-1-3-11-20)18-19-28(29(30)31(35)36)34-26-16-8-5-13-22(26)23-14-6-9-17-27(23)34/h1-19,33,35-36H. The van der Waals surface area contributed by atoms with Crippen LogP contribution < -0.4 is 10.8 Å². The topological polar surface area (TPSA) is 57.4 Å². The van der Waals surface area contributed by atoms with Gasteiger partial charge in [-0.05, 0) is 42.5 Å². The van der Waals surface area contributed by atoms with Crippen molar-refractivity contribution >= 4 is 45.8 Å². The van der Waals surface area contributed by atoms with Crippen LogP contribution in [0.15, 0.2) is 115 Å². The fourth-order valence-corrected chi connectivity index (χ4v) is 4.92. The van der Waals surface area contributed by atoms with Gasteiger partial charge in [-0.25, -0.2) is 4.39 Å². The van der Waals surface area contributed by atoms with Gasteiger partial charge in [-0.2, -0.15) is 0 Å². The maximum atomic E-state index is 16.2. The molecule has 1 aromatic heterocycles. The molecular formula is C30H22BFN2O2. The van der Waals surface area contributed by atoms with E-state index < -0.39 is 12.9 Å². The molecule has 1 heterocycles. The summed E-state index contributed by atoms with van der Waals surface area (Å²) < 4.78 is 18.1. The first kappa shape index (κ1) is 22.1. The maximum Gasteiger partial charge on any atom is 0.493 e. The molecule has 4 nitrogen and oxygen atoms in total. The summed E-state index contributed by atoms with van der Waals surface area (Å²) in [6.45, 7) is 0. The predicted molar refractivity (Wildman–Crippen MR) is 146 cm³/mol. The fourth-order valence-electron chi connectivity index (χ4n) is 4.92. The zero-order valence-electron chi connectivity index (χ0n) is 19.3. The fraction of sp³-hybridized carbons (Fsp3) is 0. The van der Waals surface area contributed by atoms with E-state index in [1.54, 1.807) is 12.1 Å². The summed E-state index contributed by atoms with van der Waals surface area (Å²) in [5.74, 6) is -0.674. The van der Waals surface area contributed by atoms with Gasteiger partial charge in [0.15, 0.2) is 0 Å². The van der Waals surface area contributed by atoms with Crippen molar-refractivity contribution in [1.29, 1.82) is 0 Å². The molecule has 174 valence electrons. The van der Waals surface area contributed by atoms with E-state index in [0.717, 1.165) is 27.5 Å². The molecule has 6 aromatic rings. The van der Waals surface area contributed by atoms with Gasteiger partial charge >= 0.3 is 7.12 Å². The van der Waals surface area contributed by atoms with E-state index in [9.17, 15) is 10.0 Å². The van der Waals surface area contributed by atoms with Crippen molar-refractivity contribution in [2.45, 2.75) is 0 Å². The molecule has 3 N–H and O–H groups in total. The molecule has 0 aliphatic carbocycles. The SMILES string of the molecule is OB(O)c1c(-n2c3ccccc3c3ccccc32)ccc(-c2ccccc2Nc2ccccc2)c1F. The highest BCUT2D eigenvalue weighted by atomic mass is 19.1. The van der Waals surface area contributed by atoms with Crippen molar-refractivity contribution in [2.75, 3.05) is 5.32 Å². The van der Waals surface area contributed by atoms with Crippen LogP contribution in [0.2, 0.25) is 0 Å². The number of nitrogens with zero attached hydrogens (tertiary/aromatic N) is 1. The molecule has 0 amide bonds. The molecule has 0 fully saturated rings. The van der Waals surface area contributed by atoms with E-state index in [1.165, 1.54) is 0 Å². The van der Waals surface area contributed by atoms with E-state index in [0.29, 0.717) is 16.9 Å². The van der Waals surface area contributed by atoms with Gasteiger partial charge in [-0.1, -0.05) is 72.8 Å². The van der Waals surface area contributed by atoms with Crippen LogP contribution in [0, 0.1) is 5.82 Å². The van der Waals surface area contributed by atoms with Crippen LogP contribution in [-0.2, 0) is 0 Å². The average molecular weight is 472 g/mol. The first-order valence-electron chi connectivity index (χ1n) is 11.7. The summed E-state index contributed by atoms with van der Waals surface area (Å²) in [6, 6.07) is 36.2. The highest BCUT2D eigenvalue weighted by Crippen LogP contribution is 2.35. The molecule has 0 spiro atoms. The molecule has 6 rings (SSSR count). The van der Waals surface area contributed by atoms with Crippen molar-refractivity contribution in [3.05, 3.63) is 121 Å². The monoisotopic (exact) mass is 472 g/mol. The highest BCUT2D eigenvalue weighted by molar-refractivity contribution is 6.60. The lowest BCUT2D eigenvalue weighted by molar-refractivity contribution is 0.423. The molecule has 36 heavy (non-hydrogen) atoms. The van der Waals surface area contributed by atoms with Crippen LogP contribution >= 0.6 is 0 Å². The van der Waals surface area contributed by atoms with Crippen LogP contribution in [0.1, 0.15) is 0 Å². The van der Waals surface area contributed by atoms with E-state index in [2.05, 4.69) is 5.32 Å². The summed E-state index contributed by atoms with van der Waals surface area (Å²) >= 11 is 0. The first-order valence-corrected chi connectivity index (χ1v) is 11.7. The summed E-state index contributed by atoms with van der Waals surface area (Å²) in [5, 5.41) is 26.1. The Balaban J connectivity index is 1.57. The van der Waals surface area contributed by atoms with Crippen LogP contribution in [0.5, 0.6) is 0 Å². The van der Waals surface area contributed by atoms with Gasteiger partial charge in [0.2, 0.25) is 0 Å². The van der Waals surface area contributed by atoms with Crippen molar-refractivity contribution in [2.24, 2.45) is 0 Å². The lowest BCUT2D eigenvalue weighted by Gasteiger charge is -2.18. The van der Waals surface area contributed by atoms with Crippen molar-refractivity contribution in [3.8, 4) is 16.8 Å². The van der Waals surface area contributed by atoms with Gasteiger partial charge in [0, 0.05) is 44.4 Å². The minimum atomic E-state index is -2.01. The number of nitrogens with one attached hydrogen (secondary N) is 1. The number of rotatable bonds is 5. The number of aromatic nitrogens is 1. The average Bonchev–Trinajstić information content (AvgIpc) is 3.24. The Morgan fingerprint density at radius 1 is 0.611 bits per heavy atom. The Morgan fingerprint density at radius 2 is 1.19 bits per heavy atom. The zero-order chi connectivity index (χ0) is 24.6. The molecule has 0 aliphatic heterocycles. The summed E-state index contributed by atoms with van der Waals surface area (Å²) in [4.78, 5) is 0. The van der Waals surface area contributed by atoms with Crippen molar-refractivity contribution in [1.82, 2.24) is 4.57 Å². The van der Waals surface area contributed by atoms with Gasteiger partial charge < -0.3 is 19.9 Å². The zero-order valence-corrected chi connectivity index (χ0v) is 19.3. The number of para-hydroxylation sites is 4. The Hall–Kier alpha value is -4.39. The molecule has 5 aromatic carbocycles. The van der Waals surface area contributed by atoms with Crippen LogP contribution in [-0.4, -0.2) is 21.7 Å². The minimum Gasteiger partial charge on any atom is -0.423 e. The quantitative estimate of drug-likeness (QED) is 0.269. The normalized spacial score (nSPS) is 11.2. The molecule has 6 heteroatoms. The van der Waals surface area contributed by atoms with E-state index >= 15 is 4.39 Å². The van der Waals surface area contributed by atoms with Crippen LogP contribution in [0.25, 0.3) is 38.6 Å². The summed E-state index contributed by atoms with van der Waals surface area (Å²) in [7, 11) is -2.01. The third-order valence-electron chi connectivity index (χ3n) is 6.51. The second-order valence-corrected chi connectivity index (χ2v) is 8.64. The molecule has 0 bridgehead atoms.